The molecule has 0 aromatic carbocycles. The predicted octanol–water partition coefficient (Wildman–Crippen LogP) is 1.39. The molecule has 0 unspecified atom stereocenters. The Morgan fingerprint density at radius 1 is 1.47 bits per heavy atom. The number of carboxylic acids is 1. The van der Waals surface area contributed by atoms with E-state index in [1.165, 1.54) is 0 Å². The highest BCUT2D eigenvalue weighted by atomic mass is 79.9. The van der Waals surface area contributed by atoms with E-state index in [9.17, 15) is 9.59 Å². The third-order valence-corrected chi connectivity index (χ3v) is 3.12. The van der Waals surface area contributed by atoms with Crippen LogP contribution in [-0.2, 0) is 4.79 Å². The highest BCUT2D eigenvalue weighted by molar-refractivity contribution is 9.10. The zero-order chi connectivity index (χ0) is 12.4. The van der Waals surface area contributed by atoms with Gasteiger partial charge in [0.1, 0.15) is 5.69 Å². The van der Waals surface area contributed by atoms with E-state index in [1.807, 2.05) is 0 Å². The SMILES string of the molecule is O=C(O)CC1CN(C(=O)c2ccc(Br)cn2)C1. The average molecular weight is 299 g/mol. The van der Waals surface area contributed by atoms with Gasteiger partial charge in [-0.25, -0.2) is 4.98 Å². The number of carboxylic acid groups (broad SMARTS) is 1. The van der Waals surface area contributed by atoms with Crippen molar-refractivity contribution >= 4 is 27.8 Å². The standard InChI is InChI=1S/C11H11BrN2O3/c12-8-1-2-9(13-4-8)11(17)14-5-7(6-14)3-10(15)16/h1-2,4,7H,3,5-6H2,(H,15,16). The van der Waals surface area contributed by atoms with Gasteiger partial charge in [-0.15, -0.1) is 0 Å². The average Bonchev–Trinajstić information content (AvgIpc) is 2.23. The number of hydrogen-bond acceptors (Lipinski definition) is 3. The normalized spacial score (nSPS) is 15.5. The van der Waals surface area contributed by atoms with E-state index >= 15 is 0 Å². The summed E-state index contributed by atoms with van der Waals surface area (Å²) in [5.41, 5.74) is 0.391. The number of pyridine rings is 1. The van der Waals surface area contributed by atoms with Crippen molar-refractivity contribution in [2.75, 3.05) is 13.1 Å². The number of aromatic nitrogens is 1. The molecule has 0 radical (unpaired) electrons. The lowest BCUT2D eigenvalue weighted by Gasteiger charge is -2.38. The molecule has 1 fully saturated rings. The molecule has 0 bridgehead atoms. The summed E-state index contributed by atoms with van der Waals surface area (Å²) in [5, 5.41) is 8.60. The molecule has 5 nitrogen and oxygen atoms in total. The highest BCUT2D eigenvalue weighted by Gasteiger charge is 2.32. The number of amides is 1. The monoisotopic (exact) mass is 298 g/mol. The molecule has 6 heteroatoms. The molecular weight excluding hydrogens is 288 g/mol. The zero-order valence-corrected chi connectivity index (χ0v) is 10.6. The summed E-state index contributed by atoms with van der Waals surface area (Å²) in [6.07, 6.45) is 1.69. The first-order valence-corrected chi connectivity index (χ1v) is 5.98. The first kappa shape index (κ1) is 12.0. The van der Waals surface area contributed by atoms with Crippen LogP contribution in [0.15, 0.2) is 22.8 Å². The lowest BCUT2D eigenvalue weighted by Crippen LogP contribution is -2.50. The number of likely N-dealkylation sites (tertiary alicyclic amines) is 1. The van der Waals surface area contributed by atoms with Gasteiger partial charge in [-0.1, -0.05) is 0 Å². The highest BCUT2D eigenvalue weighted by Crippen LogP contribution is 2.21. The third kappa shape index (κ3) is 2.82. The maximum absolute atomic E-state index is 11.9. The summed E-state index contributed by atoms with van der Waals surface area (Å²) in [6, 6.07) is 3.41. The Kier molecular flexibility index (Phi) is 3.42. The number of hydrogen-bond donors (Lipinski definition) is 1. The Balaban J connectivity index is 1.91. The Morgan fingerprint density at radius 3 is 2.71 bits per heavy atom. The van der Waals surface area contributed by atoms with E-state index in [2.05, 4.69) is 20.9 Å². The second-order valence-electron chi connectivity index (χ2n) is 4.04. The molecule has 1 aromatic heterocycles. The van der Waals surface area contributed by atoms with Crippen LogP contribution in [0.2, 0.25) is 0 Å². The van der Waals surface area contributed by atoms with Gasteiger partial charge in [-0.3, -0.25) is 9.59 Å². The molecule has 90 valence electrons. The number of rotatable bonds is 3. The van der Waals surface area contributed by atoms with Crippen molar-refractivity contribution < 1.29 is 14.7 Å². The van der Waals surface area contributed by atoms with Gasteiger partial charge in [0.15, 0.2) is 0 Å². The molecule has 0 aliphatic carbocycles. The van der Waals surface area contributed by atoms with Crippen LogP contribution in [0.1, 0.15) is 16.9 Å². The van der Waals surface area contributed by atoms with Crippen molar-refractivity contribution in [3.8, 4) is 0 Å². The van der Waals surface area contributed by atoms with E-state index in [4.69, 9.17) is 5.11 Å². The predicted molar refractivity (Wildman–Crippen MR) is 63.6 cm³/mol. The van der Waals surface area contributed by atoms with Crippen molar-refractivity contribution in [1.82, 2.24) is 9.88 Å². The number of aliphatic carboxylic acids is 1. The fourth-order valence-electron chi connectivity index (χ4n) is 1.78. The number of nitrogens with zero attached hydrogens (tertiary/aromatic N) is 2. The first-order chi connectivity index (χ1) is 8.06. The minimum atomic E-state index is -0.816. The van der Waals surface area contributed by atoms with E-state index in [0.717, 1.165) is 4.47 Å². The lowest BCUT2D eigenvalue weighted by molar-refractivity contribution is -0.139. The van der Waals surface area contributed by atoms with Gasteiger partial charge in [0.2, 0.25) is 0 Å². The van der Waals surface area contributed by atoms with Gasteiger partial charge in [-0.05, 0) is 28.1 Å². The van der Waals surface area contributed by atoms with Crippen LogP contribution < -0.4 is 0 Å². The second kappa shape index (κ2) is 4.83. The van der Waals surface area contributed by atoms with E-state index in [-0.39, 0.29) is 18.2 Å². The van der Waals surface area contributed by atoms with E-state index in [0.29, 0.717) is 18.8 Å². The minimum Gasteiger partial charge on any atom is -0.481 e. The van der Waals surface area contributed by atoms with E-state index in [1.54, 1.807) is 23.2 Å². The summed E-state index contributed by atoms with van der Waals surface area (Å²) >= 11 is 3.25. The van der Waals surface area contributed by atoms with Crippen molar-refractivity contribution in [2.45, 2.75) is 6.42 Å². The summed E-state index contributed by atoms with van der Waals surface area (Å²) < 4.78 is 0.821. The molecule has 1 aliphatic rings. The molecule has 0 spiro atoms. The Morgan fingerprint density at radius 2 is 2.18 bits per heavy atom. The van der Waals surface area contributed by atoms with Crippen LogP contribution in [0.3, 0.4) is 0 Å². The van der Waals surface area contributed by atoms with Gasteiger partial charge in [0.25, 0.3) is 5.91 Å². The van der Waals surface area contributed by atoms with Crippen LogP contribution in [-0.4, -0.2) is 40.0 Å². The number of carbonyl (C=O) groups is 2. The van der Waals surface area contributed by atoms with Crippen LogP contribution in [0.4, 0.5) is 0 Å². The molecule has 0 saturated carbocycles. The molecule has 1 aromatic rings. The van der Waals surface area contributed by atoms with Crippen molar-refractivity contribution in [3.63, 3.8) is 0 Å². The Bertz CT molecular complexity index is 441. The zero-order valence-electron chi connectivity index (χ0n) is 8.97. The first-order valence-electron chi connectivity index (χ1n) is 5.19. The molecule has 1 amide bonds. The summed E-state index contributed by atoms with van der Waals surface area (Å²) in [5.74, 6) is -0.880. The molecule has 1 N–H and O–H groups in total. The van der Waals surface area contributed by atoms with Crippen molar-refractivity contribution in [3.05, 3.63) is 28.5 Å². The fraction of sp³-hybridized carbons (Fsp3) is 0.364. The van der Waals surface area contributed by atoms with Gasteiger partial charge in [0, 0.05) is 29.7 Å². The molecule has 2 heterocycles. The van der Waals surface area contributed by atoms with Crippen LogP contribution in [0.5, 0.6) is 0 Å². The summed E-state index contributed by atoms with van der Waals surface area (Å²) in [6.45, 7) is 1.01. The van der Waals surface area contributed by atoms with Gasteiger partial charge >= 0.3 is 5.97 Å². The summed E-state index contributed by atoms with van der Waals surface area (Å²) in [4.78, 5) is 28.0. The quantitative estimate of drug-likeness (QED) is 0.915. The Labute approximate surface area is 107 Å². The molecule has 17 heavy (non-hydrogen) atoms. The molecule has 2 rings (SSSR count). The smallest absolute Gasteiger partial charge is 0.303 e. The Hall–Kier alpha value is -1.43. The summed E-state index contributed by atoms with van der Waals surface area (Å²) in [7, 11) is 0. The fourth-order valence-corrected chi connectivity index (χ4v) is 2.01. The third-order valence-electron chi connectivity index (χ3n) is 2.65. The lowest BCUT2D eigenvalue weighted by atomic mass is 9.96. The van der Waals surface area contributed by atoms with Gasteiger partial charge in [-0.2, -0.15) is 0 Å². The maximum Gasteiger partial charge on any atom is 0.303 e. The van der Waals surface area contributed by atoms with Crippen molar-refractivity contribution in [1.29, 1.82) is 0 Å². The molecule has 1 saturated heterocycles. The van der Waals surface area contributed by atoms with Crippen molar-refractivity contribution in [2.24, 2.45) is 5.92 Å². The minimum absolute atomic E-state index is 0.0758. The largest absolute Gasteiger partial charge is 0.481 e. The van der Waals surface area contributed by atoms with Crippen LogP contribution >= 0.6 is 15.9 Å². The number of carbonyl (C=O) groups excluding carboxylic acids is 1. The van der Waals surface area contributed by atoms with Gasteiger partial charge in [0.05, 0.1) is 6.42 Å². The number of halogens is 1. The molecule has 0 atom stereocenters. The molecule has 1 aliphatic heterocycles. The van der Waals surface area contributed by atoms with Gasteiger partial charge < -0.3 is 10.0 Å². The molecular formula is C11H11BrN2O3. The second-order valence-corrected chi connectivity index (χ2v) is 4.95. The van der Waals surface area contributed by atoms with Crippen LogP contribution in [0, 0.1) is 5.92 Å². The topological polar surface area (TPSA) is 70.5 Å². The maximum atomic E-state index is 11.9. The van der Waals surface area contributed by atoms with E-state index < -0.39 is 5.97 Å². The van der Waals surface area contributed by atoms with Crippen LogP contribution in [0.25, 0.3) is 0 Å².